The number of aryl methyl sites for hydroxylation is 2. The SMILES string of the molecule is [B]c1cn(C)c2ncnc(C)c12. The van der Waals surface area contributed by atoms with Crippen LogP contribution in [0.2, 0.25) is 0 Å². The van der Waals surface area contributed by atoms with Crippen molar-refractivity contribution in [2.24, 2.45) is 7.05 Å². The fraction of sp³-hybridized carbons (Fsp3) is 0.250. The molecule has 0 unspecified atom stereocenters. The molecule has 0 saturated carbocycles. The summed E-state index contributed by atoms with van der Waals surface area (Å²) in [5.74, 6) is 0. The topological polar surface area (TPSA) is 30.7 Å². The second kappa shape index (κ2) is 2.34. The molecule has 2 rings (SSSR count). The fourth-order valence-corrected chi connectivity index (χ4v) is 1.40. The molecule has 2 heterocycles. The summed E-state index contributed by atoms with van der Waals surface area (Å²) in [7, 11) is 7.70. The Morgan fingerprint density at radius 2 is 2.17 bits per heavy atom. The highest BCUT2D eigenvalue weighted by atomic mass is 15.0. The predicted molar refractivity (Wildman–Crippen MR) is 48.6 cm³/mol. The molecule has 4 heteroatoms. The highest BCUT2D eigenvalue weighted by Gasteiger charge is 2.05. The summed E-state index contributed by atoms with van der Waals surface area (Å²) in [6.45, 7) is 1.93. The molecule has 58 valence electrons. The van der Waals surface area contributed by atoms with E-state index in [9.17, 15) is 0 Å². The Balaban J connectivity index is 2.99. The third-order valence-corrected chi connectivity index (χ3v) is 1.97. The molecular weight excluding hydrogens is 149 g/mol. The quantitative estimate of drug-likeness (QED) is 0.506. The fourth-order valence-electron chi connectivity index (χ4n) is 1.40. The zero-order chi connectivity index (χ0) is 8.72. The molecule has 12 heavy (non-hydrogen) atoms. The molecule has 0 aromatic carbocycles. The zero-order valence-corrected chi connectivity index (χ0v) is 7.07. The minimum Gasteiger partial charge on any atom is -0.336 e. The van der Waals surface area contributed by atoms with Gasteiger partial charge >= 0.3 is 0 Å². The van der Waals surface area contributed by atoms with Crippen LogP contribution in [0, 0.1) is 6.92 Å². The van der Waals surface area contributed by atoms with E-state index in [4.69, 9.17) is 7.85 Å². The lowest BCUT2D eigenvalue weighted by molar-refractivity contribution is 0.943. The Bertz CT molecular complexity index is 433. The molecule has 2 aromatic heterocycles. The first-order valence-corrected chi connectivity index (χ1v) is 3.72. The van der Waals surface area contributed by atoms with E-state index in [1.807, 2.05) is 24.7 Å². The molecule has 0 aliphatic rings. The first-order chi connectivity index (χ1) is 5.70. The van der Waals surface area contributed by atoms with Gasteiger partial charge in [-0.15, -0.1) is 0 Å². The van der Waals surface area contributed by atoms with E-state index in [0.717, 1.165) is 22.2 Å². The van der Waals surface area contributed by atoms with E-state index in [2.05, 4.69) is 9.97 Å². The van der Waals surface area contributed by atoms with Gasteiger partial charge in [0.05, 0.1) is 0 Å². The van der Waals surface area contributed by atoms with Gasteiger partial charge in [-0.05, 0) is 13.1 Å². The molecule has 0 bridgehead atoms. The first kappa shape index (κ1) is 7.34. The minimum absolute atomic E-state index is 0.741. The summed E-state index contributed by atoms with van der Waals surface area (Å²) in [6.07, 6.45) is 3.41. The van der Waals surface area contributed by atoms with Crippen molar-refractivity contribution in [1.82, 2.24) is 14.5 Å². The van der Waals surface area contributed by atoms with Crippen LogP contribution < -0.4 is 5.46 Å². The maximum absolute atomic E-state index is 5.78. The Hall–Kier alpha value is -1.32. The van der Waals surface area contributed by atoms with E-state index in [1.54, 1.807) is 6.33 Å². The number of aromatic nitrogens is 3. The van der Waals surface area contributed by atoms with E-state index >= 15 is 0 Å². The third-order valence-electron chi connectivity index (χ3n) is 1.97. The normalized spacial score (nSPS) is 10.8. The summed E-state index contributed by atoms with van der Waals surface area (Å²) in [4.78, 5) is 8.21. The van der Waals surface area contributed by atoms with E-state index < -0.39 is 0 Å². The van der Waals surface area contributed by atoms with Crippen LogP contribution in [0.4, 0.5) is 0 Å². The number of hydrogen-bond donors (Lipinski definition) is 0. The molecule has 3 nitrogen and oxygen atoms in total. The third kappa shape index (κ3) is 0.842. The van der Waals surface area contributed by atoms with Crippen LogP contribution in [0.3, 0.4) is 0 Å². The van der Waals surface area contributed by atoms with E-state index in [1.165, 1.54) is 0 Å². The molecule has 2 aromatic rings. The van der Waals surface area contributed by atoms with Gasteiger partial charge in [0.2, 0.25) is 0 Å². The van der Waals surface area contributed by atoms with Gasteiger partial charge in [-0.1, -0.05) is 5.46 Å². The van der Waals surface area contributed by atoms with Gasteiger partial charge < -0.3 is 4.57 Å². The molecule has 0 aliphatic heterocycles. The van der Waals surface area contributed by atoms with Gasteiger partial charge in [0.1, 0.15) is 19.8 Å². The van der Waals surface area contributed by atoms with Gasteiger partial charge in [-0.3, -0.25) is 0 Å². The zero-order valence-electron chi connectivity index (χ0n) is 7.07. The Morgan fingerprint density at radius 3 is 2.83 bits per heavy atom. The number of nitrogens with zero attached hydrogens (tertiary/aromatic N) is 3. The minimum atomic E-state index is 0.741. The van der Waals surface area contributed by atoms with Crippen LogP contribution in [0.15, 0.2) is 12.5 Å². The van der Waals surface area contributed by atoms with Crippen molar-refractivity contribution in [1.29, 1.82) is 0 Å². The second-order valence-corrected chi connectivity index (χ2v) is 2.85. The maximum atomic E-state index is 5.78. The van der Waals surface area contributed by atoms with Crippen LogP contribution >= 0.6 is 0 Å². The molecule has 0 N–H and O–H groups in total. The van der Waals surface area contributed by atoms with Crippen LogP contribution in [-0.2, 0) is 7.05 Å². The van der Waals surface area contributed by atoms with Crippen LogP contribution in [-0.4, -0.2) is 22.4 Å². The molecule has 0 saturated heterocycles. The first-order valence-electron chi connectivity index (χ1n) is 3.72. The second-order valence-electron chi connectivity index (χ2n) is 2.85. The van der Waals surface area contributed by atoms with Crippen LogP contribution in [0.25, 0.3) is 11.0 Å². The summed E-state index contributed by atoms with van der Waals surface area (Å²) < 4.78 is 1.90. The van der Waals surface area contributed by atoms with Crippen molar-refractivity contribution in [2.45, 2.75) is 6.92 Å². The Morgan fingerprint density at radius 1 is 1.42 bits per heavy atom. The number of fused-ring (bicyclic) bond motifs is 1. The van der Waals surface area contributed by atoms with E-state index in [-0.39, 0.29) is 0 Å². The lowest BCUT2D eigenvalue weighted by atomic mass is 9.96. The molecular formula is C8H8BN3. The smallest absolute Gasteiger partial charge is 0.142 e. The molecule has 2 radical (unpaired) electrons. The summed E-state index contributed by atoms with van der Waals surface area (Å²) in [5.41, 5.74) is 2.56. The molecule has 0 atom stereocenters. The van der Waals surface area contributed by atoms with Crippen molar-refractivity contribution in [3.8, 4) is 0 Å². The summed E-state index contributed by atoms with van der Waals surface area (Å²) in [6, 6.07) is 0. The molecule has 0 aliphatic carbocycles. The van der Waals surface area contributed by atoms with Gasteiger partial charge in [-0.2, -0.15) is 0 Å². The molecule has 0 spiro atoms. The molecule has 0 amide bonds. The van der Waals surface area contributed by atoms with Crippen molar-refractivity contribution >= 4 is 24.3 Å². The summed E-state index contributed by atoms with van der Waals surface area (Å²) >= 11 is 0. The standard InChI is InChI=1S/C8H8BN3/c1-5-7-6(9)3-12(2)8(7)11-4-10-5/h3-4H,1-2H3. The van der Waals surface area contributed by atoms with Crippen molar-refractivity contribution < 1.29 is 0 Å². The van der Waals surface area contributed by atoms with Gasteiger partial charge in [-0.25, -0.2) is 9.97 Å². The van der Waals surface area contributed by atoms with Crippen LogP contribution in [0.1, 0.15) is 5.69 Å². The predicted octanol–water partition coefficient (Wildman–Crippen LogP) is 0.0705. The van der Waals surface area contributed by atoms with Gasteiger partial charge in [0.25, 0.3) is 0 Å². The average molecular weight is 157 g/mol. The van der Waals surface area contributed by atoms with Crippen molar-refractivity contribution in [3.05, 3.63) is 18.2 Å². The number of rotatable bonds is 0. The monoisotopic (exact) mass is 157 g/mol. The lowest BCUT2D eigenvalue weighted by Gasteiger charge is -1.96. The largest absolute Gasteiger partial charge is 0.336 e. The Kier molecular flexibility index (Phi) is 1.43. The molecule has 0 fully saturated rings. The van der Waals surface area contributed by atoms with Crippen molar-refractivity contribution in [2.75, 3.05) is 0 Å². The summed E-state index contributed by atoms with van der Waals surface area (Å²) in [5, 5.41) is 0.958. The van der Waals surface area contributed by atoms with Gasteiger partial charge in [0, 0.05) is 18.1 Å². The number of hydrogen-bond acceptors (Lipinski definition) is 2. The highest BCUT2D eigenvalue weighted by molar-refractivity contribution is 6.38. The Labute approximate surface area is 71.9 Å². The lowest BCUT2D eigenvalue weighted by Crippen LogP contribution is -2.00. The van der Waals surface area contributed by atoms with Crippen molar-refractivity contribution in [3.63, 3.8) is 0 Å². The highest BCUT2D eigenvalue weighted by Crippen LogP contribution is 2.10. The van der Waals surface area contributed by atoms with Crippen LogP contribution in [0.5, 0.6) is 0 Å². The van der Waals surface area contributed by atoms with Gasteiger partial charge in [0.15, 0.2) is 0 Å². The maximum Gasteiger partial charge on any atom is 0.142 e. The van der Waals surface area contributed by atoms with E-state index in [0.29, 0.717) is 0 Å². The average Bonchev–Trinajstić information content (AvgIpc) is 2.29.